The molecule has 108 valence electrons. The molecule has 0 aliphatic heterocycles. The number of oxazole rings is 1. The van der Waals surface area contributed by atoms with Gasteiger partial charge >= 0.3 is 5.97 Å². The number of aryl methyl sites for hydroxylation is 2. The fourth-order valence-corrected chi connectivity index (χ4v) is 2.00. The highest BCUT2D eigenvalue weighted by Gasteiger charge is 2.19. The Morgan fingerprint density at radius 3 is 2.85 bits per heavy atom. The normalized spacial score (nSPS) is 12.2. The fourth-order valence-electron chi connectivity index (χ4n) is 2.00. The average molecular weight is 279 g/mol. The second-order valence-electron chi connectivity index (χ2n) is 4.36. The lowest BCUT2D eigenvalue weighted by Crippen LogP contribution is -2.09. The summed E-state index contributed by atoms with van der Waals surface area (Å²) < 4.78 is 15.2. The van der Waals surface area contributed by atoms with Crippen molar-refractivity contribution in [3.8, 4) is 0 Å². The average Bonchev–Trinajstić information content (AvgIpc) is 2.97. The Kier molecular flexibility index (Phi) is 4.07. The zero-order valence-corrected chi connectivity index (χ0v) is 11.9. The molecule has 2 aromatic rings. The Morgan fingerprint density at radius 2 is 2.25 bits per heavy atom. The van der Waals surface area contributed by atoms with Crippen LogP contribution >= 0.6 is 0 Å². The van der Waals surface area contributed by atoms with Crippen LogP contribution in [0.3, 0.4) is 0 Å². The summed E-state index contributed by atoms with van der Waals surface area (Å²) in [7, 11) is 0. The van der Waals surface area contributed by atoms with Gasteiger partial charge in [0.15, 0.2) is 5.69 Å². The Balaban J connectivity index is 2.09. The van der Waals surface area contributed by atoms with E-state index in [2.05, 4.69) is 15.5 Å². The number of carbonyl (C=O) groups is 1. The first kappa shape index (κ1) is 14.1. The van der Waals surface area contributed by atoms with E-state index in [1.165, 1.54) is 6.26 Å². The number of hydrogen-bond acceptors (Lipinski definition) is 7. The van der Waals surface area contributed by atoms with Gasteiger partial charge in [-0.25, -0.2) is 4.79 Å². The summed E-state index contributed by atoms with van der Waals surface area (Å²) in [4.78, 5) is 15.5. The second kappa shape index (κ2) is 5.77. The van der Waals surface area contributed by atoms with Crippen molar-refractivity contribution in [3.05, 3.63) is 29.0 Å². The highest BCUT2D eigenvalue weighted by Crippen LogP contribution is 2.24. The molecule has 1 unspecified atom stereocenters. The standard InChI is InChI=1S/C13H17N3O4/c1-5-18-12(17)10-6-19-13(15-10)14-7(2)11-8(3)16-20-9(11)4/h6-7H,5H2,1-4H3,(H,14,15). The minimum atomic E-state index is -0.505. The maximum atomic E-state index is 11.5. The van der Waals surface area contributed by atoms with Crippen molar-refractivity contribution in [3.63, 3.8) is 0 Å². The quantitative estimate of drug-likeness (QED) is 0.841. The predicted octanol–water partition coefficient (Wildman–Crippen LogP) is 2.63. The van der Waals surface area contributed by atoms with Crippen LogP contribution in [0.2, 0.25) is 0 Å². The molecule has 7 heteroatoms. The van der Waals surface area contributed by atoms with Gasteiger partial charge in [0.2, 0.25) is 0 Å². The molecule has 0 saturated heterocycles. The van der Waals surface area contributed by atoms with E-state index in [9.17, 15) is 4.79 Å². The van der Waals surface area contributed by atoms with Crippen molar-refractivity contribution in [2.24, 2.45) is 0 Å². The summed E-state index contributed by atoms with van der Waals surface area (Å²) in [5.41, 5.74) is 1.89. The number of carbonyl (C=O) groups excluding carboxylic acids is 1. The number of ether oxygens (including phenoxy) is 1. The van der Waals surface area contributed by atoms with Gasteiger partial charge in [0.25, 0.3) is 6.01 Å². The molecule has 2 rings (SSSR count). The number of anilines is 1. The van der Waals surface area contributed by atoms with Crippen LogP contribution in [0.15, 0.2) is 15.2 Å². The van der Waals surface area contributed by atoms with Gasteiger partial charge in [-0.2, -0.15) is 4.98 Å². The first-order chi connectivity index (χ1) is 9.52. The van der Waals surface area contributed by atoms with Crippen LogP contribution in [0.5, 0.6) is 0 Å². The molecule has 2 heterocycles. The minimum Gasteiger partial charge on any atom is -0.461 e. The summed E-state index contributed by atoms with van der Waals surface area (Å²) in [5.74, 6) is 0.231. The van der Waals surface area contributed by atoms with Crippen molar-refractivity contribution >= 4 is 12.0 Å². The van der Waals surface area contributed by atoms with Crippen LogP contribution in [-0.2, 0) is 4.74 Å². The molecule has 2 aromatic heterocycles. The summed E-state index contributed by atoms with van der Waals surface area (Å²) in [5, 5.41) is 6.95. The number of nitrogens with one attached hydrogen (secondary N) is 1. The molecule has 0 saturated carbocycles. The fraction of sp³-hybridized carbons (Fsp3) is 0.462. The van der Waals surface area contributed by atoms with Gasteiger partial charge in [-0.15, -0.1) is 0 Å². The molecule has 20 heavy (non-hydrogen) atoms. The smallest absolute Gasteiger partial charge is 0.360 e. The monoisotopic (exact) mass is 279 g/mol. The lowest BCUT2D eigenvalue weighted by atomic mass is 10.1. The van der Waals surface area contributed by atoms with Crippen molar-refractivity contribution in [2.75, 3.05) is 11.9 Å². The van der Waals surface area contributed by atoms with Crippen LogP contribution in [0, 0.1) is 13.8 Å². The maximum absolute atomic E-state index is 11.5. The van der Waals surface area contributed by atoms with E-state index in [-0.39, 0.29) is 17.8 Å². The largest absolute Gasteiger partial charge is 0.461 e. The summed E-state index contributed by atoms with van der Waals surface area (Å²) in [6.45, 7) is 7.66. The van der Waals surface area contributed by atoms with Crippen molar-refractivity contribution in [1.29, 1.82) is 0 Å². The van der Waals surface area contributed by atoms with Crippen molar-refractivity contribution in [2.45, 2.75) is 33.7 Å². The number of esters is 1. The summed E-state index contributed by atoms with van der Waals surface area (Å²) in [6.07, 6.45) is 1.26. The Morgan fingerprint density at radius 1 is 1.50 bits per heavy atom. The van der Waals surface area contributed by atoms with Crippen LogP contribution < -0.4 is 5.32 Å². The van der Waals surface area contributed by atoms with Gasteiger partial charge in [0.05, 0.1) is 18.3 Å². The molecule has 1 N–H and O–H groups in total. The minimum absolute atomic E-state index is 0.102. The topological polar surface area (TPSA) is 90.4 Å². The molecule has 0 fully saturated rings. The van der Waals surface area contributed by atoms with Gasteiger partial charge < -0.3 is 19.0 Å². The molecular weight excluding hydrogens is 262 g/mol. The van der Waals surface area contributed by atoms with Gasteiger partial charge in [0.1, 0.15) is 12.0 Å². The molecule has 1 atom stereocenters. The first-order valence-electron chi connectivity index (χ1n) is 6.34. The lowest BCUT2D eigenvalue weighted by Gasteiger charge is -2.11. The van der Waals surface area contributed by atoms with Gasteiger partial charge in [-0.1, -0.05) is 5.16 Å². The first-order valence-corrected chi connectivity index (χ1v) is 6.34. The molecule has 0 radical (unpaired) electrons. The van der Waals surface area contributed by atoms with Crippen LogP contribution in [0.1, 0.15) is 47.4 Å². The van der Waals surface area contributed by atoms with E-state index in [4.69, 9.17) is 13.7 Å². The SMILES string of the molecule is CCOC(=O)c1coc(NC(C)c2c(C)noc2C)n1. The maximum Gasteiger partial charge on any atom is 0.360 e. The van der Waals surface area contributed by atoms with Crippen molar-refractivity contribution < 1.29 is 18.5 Å². The van der Waals surface area contributed by atoms with Crippen LogP contribution in [0.4, 0.5) is 6.01 Å². The van der Waals surface area contributed by atoms with E-state index in [1.807, 2.05) is 20.8 Å². The van der Waals surface area contributed by atoms with Gasteiger partial charge in [-0.3, -0.25) is 0 Å². The molecular formula is C13H17N3O4. The van der Waals surface area contributed by atoms with Gasteiger partial charge in [0, 0.05) is 5.56 Å². The zero-order chi connectivity index (χ0) is 14.7. The van der Waals surface area contributed by atoms with Gasteiger partial charge in [-0.05, 0) is 27.7 Å². The van der Waals surface area contributed by atoms with Crippen molar-refractivity contribution in [1.82, 2.24) is 10.1 Å². The highest BCUT2D eigenvalue weighted by atomic mass is 16.5. The third-order valence-corrected chi connectivity index (χ3v) is 2.85. The third kappa shape index (κ3) is 2.81. The van der Waals surface area contributed by atoms with Crippen LogP contribution in [-0.4, -0.2) is 22.7 Å². The Bertz CT molecular complexity index is 583. The number of aromatic nitrogens is 2. The predicted molar refractivity (Wildman–Crippen MR) is 70.5 cm³/mol. The molecule has 0 aromatic carbocycles. The molecule has 0 spiro atoms. The third-order valence-electron chi connectivity index (χ3n) is 2.85. The zero-order valence-electron chi connectivity index (χ0n) is 11.9. The number of hydrogen-bond donors (Lipinski definition) is 1. The lowest BCUT2D eigenvalue weighted by molar-refractivity contribution is 0.0519. The van der Waals surface area contributed by atoms with E-state index < -0.39 is 5.97 Å². The van der Waals surface area contributed by atoms with E-state index >= 15 is 0 Å². The molecule has 7 nitrogen and oxygen atoms in total. The highest BCUT2D eigenvalue weighted by molar-refractivity contribution is 5.87. The molecule has 0 amide bonds. The van der Waals surface area contributed by atoms with E-state index in [0.717, 1.165) is 17.0 Å². The molecule has 0 aliphatic rings. The van der Waals surface area contributed by atoms with E-state index in [0.29, 0.717) is 6.61 Å². The Hall–Kier alpha value is -2.31. The molecule has 0 bridgehead atoms. The summed E-state index contributed by atoms with van der Waals surface area (Å²) >= 11 is 0. The second-order valence-corrected chi connectivity index (χ2v) is 4.36. The number of rotatable bonds is 5. The Labute approximate surface area is 116 Å². The number of nitrogens with zero attached hydrogens (tertiary/aromatic N) is 2. The van der Waals surface area contributed by atoms with E-state index in [1.54, 1.807) is 6.92 Å². The summed E-state index contributed by atoms with van der Waals surface area (Å²) in [6, 6.07) is 0.149. The van der Waals surface area contributed by atoms with Crippen LogP contribution in [0.25, 0.3) is 0 Å². The molecule has 0 aliphatic carbocycles.